The third-order valence-electron chi connectivity index (χ3n) is 6.55. The fourth-order valence-electron chi connectivity index (χ4n) is 4.76. The van der Waals surface area contributed by atoms with Gasteiger partial charge in [0.05, 0.1) is 0 Å². The molecule has 0 bridgehead atoms. The van der Waals surface area contributed by atoms with Gasteiger partial charge in [0.15, 0.2) is 17.5 Å². The lowest BCUT2D eigenvalue weighted by Gasteiger charge is -2.12. The summed E-state index contributed by atoms with van der Waals surface area (Å²) in [7, 11) is 0. The average molecular weight is 476 g/mol. The topological polar surface area (TPSA) is 47.9 Å². The summed E-state index contributed by atoms with van der Waals surface area (Å²) in [6, 6.07) is 42.8. The molecule has 0 N–H and O–H groups in total. The van der Waals surface area contributed by atoms with Crippen LogP contribution in [0.25, 0.3) is 56.4 Å². The Balaban J connectivity index is 1.43. The standard InChI is InChI=1S/C33H21N3O/c1-3-11-22(12-4-1)31-34-32(23-13-5-2-6-14-23)36-33(35-31)24-19-20-30-28(21-24)26-16-8-7-15-25(26)27-17-9-10-18-29(27)37-30/h1-21H. The van der Waals surface area contributed by atoms with Gasteiger partial charge in [0.25, 0.3) is 0 Å². The van der Waals surface area contributed by atoms with Gasteiger partial charge in [0.2, 0.25) is 0 Å². The molecule has 1 aromatic heterocycles. The van der Waals surface area contributed by atoms with Crippen molar-refractivity contribution in [2.24, 2.45) is 0 Å². The van der Waals surface area contributed by atoms with Gasteiger partial charge in [-0.2, -0.15) is 0 Å². The van der Waals surface area contributed by atoms with Crippen LogP contribution in [0.5, 0.6) is 11.5 Å². The van der Waals surface area contributed by atoms with Crippen LogP contribution in [0.2, 0.25) is 0 Å². The van der Waals surface area contributed by atoms with Crippen LogP contribution in [-0.2, 0) is 0 Å². The minimum atomic E-state index is 0.620. The maximum Gasteiger partial charge on any atom is 0.164 e. The van der Waals surface area contributed by atoms with Crippen LogP contribution in [0.1, 0.15) is 0 Å². The molecule has 4 nitrogen and oxygen atoms in total. The monoisotopic (exact) mass is 475 g/mol. The van der Waals surface area contributed by atoms with E-state index in [0.29, 0.717) is 17.5 Å². The number of nitrogens with zero attached hydrogens (tertiary/aromatic N) is 3. The molecule has 6 aromatic rings. The van der Waals surface area contributed by atoms with E-state index in [-0.39, 0.29) is 0 Å². The maximum atomic E-state index is 6.41. The van der Waals surface area contributed by atoms with Crippen LogP contribution in [0.15, 0.2) is 127 Å². The van der Waals surface area contributed by atoms with E-state index >= 15 is 0 Å². The molecule has 174 valence electrons. The molecule has 0 atom stereocenters. The Hall–Kier alpha value is -5.09. The van der Waals surface area contributed by atoms with Crippen molar-refractivity contribution in [3.05, 3.63) is 127 Å². The van der Waals surface area contributed by atoms with Crippen molar-refractivity contribution in [1.29, 1.82) is 0 Å². The van der Waals surface area contributed by atoms with E-state index in [1.807, 2.05) is 91.0 Å². The second kappa shape index (κ2) is 8.85. The minimum absolute atomic E-state index is 0.620. The second-order valence-electron chi connectivity index (χ2n) is 8.89. The zero-order valence-corrected chi connectivity index (χ0v) is 19.9. The highest BCUT2D eigenvalue weighted by atomic mass is 16.5. The normalized spacial score (nSPS) is 11.5. The molecule has 0 spiro atoms. The number of hydrogen-bond donors (Lipinski definition) is 0. The van der Waals surface area contributed by atoms with Gasteiger partial charge in [-0.3, -0.25) is 0 Å². The number of fused-ring (bicyclic) bond motifs is 5. The van der Waals surface area contributed by atoms with Crippen molar-refractivity contribution in [3.63, 3.8) is 0 Å². The fraction of sp³-hybridized carbons (Fsp3) is 0. The summed E-state index contributed by atoms with van der Waals surface area (Å²) in [5.41, 5.74) is 7.13. The molecule has 0 saturated carbocycles. The second-order valence-corrected chi connectivity index (χ2v) is 8.89. The minimum Gasteiger partial charge on any atom is -0.456 e. The number of ether oxygens (including phenoxy) is 1. The smallest absolute Gasteiger partial charge is 0.164 e. The average Bonchev–Trinajstić information content (AvgIpc) is 3.12. The Morgan fingerprint density at radius 2 is 0.811 bits per heavy atom. The lowest BCUT2D eigenvalue weighted by molar-refractivity contribution is 0.488. The molecule has 1 aliphatic heterocycles. The van der Waals surface area contributed by atoms with Gasteiger partial charge in [-0.15, -0.1) is 0 Å². The Morgan fingerprint density at radius 3 is 1.43 bits per heavy atom. The van der Waals surface area contributed by atoms with Crippen molar-refractivity contribution in [3.8, 4) is 67.9 Å². The molecule has 0 radical (unpaired) electrons. The number of para-hydroxylation sites is 1. The lowest BCUT2D eigenvalue weighted by atomic mass is 9.93. The van der Waals surface area contributed by atoms with E-state index < -0.39 is 0 Å². The van der Waals surface area contributed by atoms with Crippen LogP contribution < -0.4 is 4.74 Å². The summed E-state index contributed by atoms with van der Waals surface area (Å²) in [5, 5.41) is 0. The third-order valence-corrected chi connectivity index (χ3v) is 6.55. The largest absolute Gasteiger partial charge is 0.456 e. The molecule has 0 aliphatic carbocycles. The van der Waals surface area contributed by atoms with Gasteiger partial charge in [0, 0.05) is 27.8 Å². The highest BCUT2D eigenvalue weighted by Gasteiger charge is 2.21. The number of benzene rings is 5. The predicted molar refractivity (Wildman–Crippen MR) is 147 cm³/mol. The van der Waals surface area contributed by atoms with E-state index in [0.717, 1.165) is 50.4 Å². The molecular weight excluding hydrogens is 454 g/mol. The van der Waals surface area contributed by atoms with Gasteiger partial charge >= 0.3 is 0 Å². The third kappa shape index (κ3) is 3.85. The molecule has 37 heavy (non-hydrogen) atoms. The van der Waals surface area contributed by atoms with Crippen molar-refractivity contribution in [1.82, 2.24) is 15.0 Å². The van der Waals surface area contributed by atoms with Gasteiger partial charge < -0.3 is 4.74 Å². The first-order chi connectivity index (χ1) is 18.3. The van der Waals surface area contributed by atoms with Crippen molar-refractivity contribution in [2.75, 3.05) is 0 Å². The number of hydrogen-bond acceptors (Lipinski definition) is 4. The SMILES string of the molecule is c1ccc(-c2nc(-c3ccccc3)nc(-c3ccc4c(c3)-c3ccccc3-c3ccccc3O4)n2)cc1. The highest BCUT2D eigenvalue weighted by molar-refractivity contribution is 5.91. The van der Waals surface area contributed by atoms with E-state index in [9.17, 15) is 0 Å². The number of rotatable bonds is 3. The van der Waals surface area contributed by atoms with Gasteiger partial charge in [-0.1, -0.05) is 103 Å². The van der Waals surface area contributed by atoms with Crippen LogP contribution in [0, 0.1) is 0 Å². The van der Waals surface area contributed by atoms with Crippen molar-refractivity contribution >= 4 is 0 Å². The highest BCUT2D eigenvalue weighted by Crippen LogP contribution is 2.47. The molecule has 1 aliphatic rings. The molecule has 2 heterocycles. The van der Waals surface area contributed by atoms with Crippen LogP contribution in [-0.4, -0.2) is 15.0 Å². The Kier molecular flexibility index (Phi) is 5.07. The first kappa shape index (κ1) is 21.2. The van der Waals surface area contributed by atoms with E-state index in [1.54, 1.807) is 0 Å². The zero-order chi connectivity index (χ0) is 24.6. The molecule has 5 aromatic carbocycles. The quantitative estimate of drug-likeness (QED) is 0.258. The predicted octanol–water partition coefficient (Wildman–Crippen LogP) is 8.31. The van der Waals surface area contributed by atoms with Crippen molar-refractivity contribution in [2.45, 2.75) is 0 Å². The lowest BCUT2D eigenvalue weighted by Crippen LogP contribution is -2.00. The van der Waals surface area contributed by atoms with Gasteiger partial charge in [-0.05, 0) is 35.4 Å². The summed E-state index contributed by atoms with van der Waals surface area (Å²) in [4.78, 5) is 14.6. The summed E-state index contributed by atoms with van der Waals surface area (Å²) in [6.45, 7) is 0. The maximum absolute atomic E-state index is 6.41. The molecule has 0 saturated heterocycles. The summed E-state index contributed by atoms with van der Waals surface area (Å²) < 4.78 is 6.41. The zero-order valence-electron chi connectivity index (χ0n) is 19.9. The van der Waals surface area contributed by atoms with Crippen LogP contribution >= 0.6 is 0 Å². The molecule has 0 fully saturated rings. The molecular formula is C33H21N3O. The van der Waals surface area contributed by atoms with E-state index in [2.05, 4.69) is 36.4 Å². The van der Waals surface area contributed by atoms with Gasteiger partial charge in [-0.25, -0.2) is 15.0 Å². The first-order valence-corrected chi connectivity index (χ1v) is 12.2. The number of aromatic nitrogens is 3. The van der Waals surface area contributed by atoms with Gasteiger partial charge in [0.1, 0.15) is 11.5 Å². The molecule has 7 rings (SSSR count). The van der Waals surface area contributed by atoms with Crippen LogP contribution in [0.4, 0.5) is 0 Å². The van der Waals surface area contributed by atoms with Crippen LogP contribution in [0.3, 0.4) is 0 Å². The Bertz CT molecular complexity index is 1690. The van der Waals surface area contributed by atoms with E-state index in [4.69, 9.17) is 19.7 Å². The Labute approximate surface area is 214 Å². The molecule has 0 unspecified atom stereocenters. The molecule has 4 heteroatoms. The summed E-state index contributed by atoms with van der Waals surface area (Å²) in [6.07, 6.45) is 0. The first-order valence-electron chi connectivity index (χ1n) is 12.2. The summed E-state index contributed by atoms with van der Waals surface area (Å²) >= 11 is 0. The van der Waals surface area contributed by atoms with Crippen molar-refractivity contribution < 1.29 is 4.74 Å². The molecule has 0 amide bonds. The summed E-state index contributed by atoms with van der Waals surface area (Å²) in [5.74, 6) is 3.56. The Morgan fingerprint density at radius 1 is 0.351 bits per heavy atom. The van der Waals surface area contributed by atoms with E-state index in [1.165, 1.54) is 0 Å². The fourth-order valence-corrected chi connectivity index (χ4v) is 4.76.